The predicted octanol–water partition coefficient (Wildman–Crippen LogP) is 2.57. The minimum absolute atomic E-state index is 0.0220. The molecule has 2 rings (SSSR count). The number of nitrogens with zero attached hydrogens (tertiary/aromatic N) is 3. The average Bonchev–Trinajstić information content (AvgIpc) is 2.51. The van der Waals surface area contributed by atoms with Crippen LogP contribution in [0.1, 0.15) is 44.0 Å². The van der Waals surface area contributed by atoms with Gasteiger partial charge in [0.2, 0.25) is 5.28 Å². The summed E-state index contributed by atoms with van der Waals surface area (Å²) in [6.45, 7) is 7.25. The average molecular weight is 371 g/mol. The van der Waals surface area contributed by atoms with Crippen LogP contribution in [0, 0.1) is 5.92 Å². The number of ether oxygens (including phenoxy) is 1. The highest BCUT2D eigenvalue weighted by Gasteiger charge is 2.25. The zero-order valence-electron chi connectivity index (χ0n) is 14.6. The highest BCUT2D eigenvalue weighted by molar-refractivity contribution is 6.28. The van der Waals surface area contributed by atoms with Crippen LogP contribution in [0.15, 0.2) is 6.20 Å². The summed E-state index contributed by atoms with van der Waals surface area (Å²) in [5, 5.41) is 12.1. The minimum Gasteiger partial charge on any atom is -0.477 e. The number of piperidine rings is 1. The number of aromatic nitrogens is 2. The fourth-order valence-electron chi connectivity index (χ4n) is 2.63. The van der Waals surface area contributed by atoms with Crippen LogP contribution >= 0.6 is 11.6 Å². The van der Waals surface area contributed by atoms with Crippen molar-refractivity contribution in [2.45, 2.75) is 39.2 Å². The Morgan fingerprint density at radius 3 is 2.60 bits per heavy atom. The lowest BCUT2D eigenvalue weighted by atomic mass is 9.96. The van der Waals surface area contributed by atoms with E-state index in [9.17, 15) is 14.7 Å². The smallest absolute Gasteiger partial charge is 0.407 e. The van der Waals surface area contributed by atoms with Gasteiger partial charge in [0, 0.05) is 25.8 Å². The number of aromatic carboxylic acids is 1. The Kier molecular flexibility index (Phi) is 6.05. The quantitative estimate of drug-likeness (QED) is 0.784. The molecule has 0 aromatic carbocycles. The molecular weight excluding hydrogens is 348 g/mol. The minimum atomic E-state index is -1.08. The zero-order valence-corrected chi connectivity index (χ0v) is 15.3. The molecule has 25 heavy (non-hydrogen) atoms. The molecule has 8 nitrogen and oxygen atoms in total. The van der Waals surface area contributed by atoms with Gasteiger partial charge in [0.05, 0.1) is 0 Å². The van der Waals surface area contributed by atoms with E-state index in [2.05, 4.69) is 15.3 Å². The number of carboxylic acids is 1. The van der Waals surface area contributed by atoms with Crippen molar-refractivity contribution in [1.29, 1.82) is 0 Å². The third kappa shape index (κ3) is 5.74. The molecule has 1 aromatic heterocycles. The maximum absolute atomic E-state index is 11.7. The predicted molar refractivity (Wildman–Crippen MR) is 93.2 cm³/mol. The molecule has 1 amide bonds. The van der Waals surface area contributed by atoms with Gasteiger partial charge in [-0.15, -0.1) is 0 Å². The molecule has 0 radical (unpaired) electrons. The number of carbonyl (C=O) groups excluding carboxylic acids is 1. The third-order valence-electron chi connectivity index (χ3n) is 3.82. The number of nitrogens with one attached hydrogen (secondary N) is 1. The van der Waals surface area contributed by atoms with Crippen LogP contribution < -0.4 is 10.2 Å². The Bertz CT molecular complexity index is 640. The molecule has 2 heterocycles. The number of amides is 1. The summed E-state index contributed by atoms with van der Waals surface area (Å²) in [6.07, 6.45) is 2.40. The normalized spacial score (nSPS) is 15.8. The summed E-state index contributed by atoms with van der Waals surface area (Å²) in [5.41, 5.74) is -0.484. The fraction of sp³-hybridized carbons (Fsp3) is 0.625. The van der Waals surface area contributed by atoms with E-state index < -0.39 is 17.7 Å². The lowest BCUT2D eigenvalue weighted by molar-refractivity contribution is 0.0516. The van der Waals surface area contributed by atoms with E-state index in [4.69, 9.17) is 16.3 Å². The molecule has 1 aromatic rings. The maximum Gasteiger partial charge on any atom is 0.407 e. The van der Waals surface area contributed by atoms with Crippen LogP contribution in [0.25, 0.3) is 0 Å². The molecule has 0 spiro atoms. The van der Waals surface area contributed by atoms with Gasteiger partial charge in [0.1, 0.15) is 17.0 Å². The summed E-state index contributed by atoms with van der Waals surface area (Å²) < 4.78 is 5.22. The first-order chi connectivity index (χ1) is 11.7. The number of anilines is 1. The van der Waals surface area contributed by atoms with Gasteiger partial charge in [-0.3, -0.25) is 0 Å². The topological polar surface area (TPSA) is 105 Å². The number of hydrogen-bond acceptors (Lipinski definition) is 6. The van der Waals surface area contributed by atoms with Gasteiger partial charge in [-0.1, -0.05) is 0 Å². The molecule has 0 saturated carbocycles. The van der Waals surface area contributed by atoms with Crippen molar-refractivity contribution in [1.82, 2.24) is 15.3 Å². The largest absolute Gasteiger partial charge is 0.477 e. The standard InChI is InChI=1S/C16H23ClN4O4/c1-16(2,3)25-15(24)19-8-10-4-6-21(7-5-10)12-11(13(22)23)9-18-14(17)20-12/h9-10H,4-8H2,1-3H3,(H,19,24)(H,22,23). The van der Waals surface area contributed by atoms with E-state index in [1.54, 1.807) is 0 Å². The first-order valence-electron chi connectivity index (χ1n) is 8.13. The number of hydrogen-bond donors (Lipinski definition) is 2. The van der Waals surface area contributed by atoms with Crippen molar-refractivity contribution in [2.75, 3.05) is 24.5 Å². The van der Waals surface area contributed by atoms with Crippen molar-refractivity contribution in [3.05, 3.63) is 17.0 Å². The van der Waals surface area contributed by atoms with Gasteiger partial charge >= 0.3 is 12.1 Å². The Balaban J connectivity index is 1.89. The van der Waals surface area contributed by atoms with Crippen molar-refractivity contribution in [3.63, 3.8) is 0 Å². The second kappa shape index (κ2) is 7.86. The van der Waals surface area contributed by atoms with Gasteiger partial charge in [-0.25, -0.2) is 14.6 Å². The van der Waals surface area contributed by atoms with Crippen LogP contribution in [-0.2, 0) is 4.74 Å². The molecule has 2 N–H and O–H groups in total. The molecule has 0 atom stereocenters. The van der Waals surface area contributed by atoms with Crippen LogP contribution in [-0.4, -0.2) is 52.4 Å². The van der Waals surface area contributed by atoms with Crippen LogP contribution in [0.5, 0.6) is 0 Å². The van der Waals surface area contributed by atoms with E-state index in [-0.39, 0.29) is 10.8 Å². The lowest BCUT2D eigenvalue weighted by Gasteiger charge is -2.33. The number of carboxylic acid groups (broad SMARTS) is 1. The summed E-state index contributed by atoms with van der Waals surface area (Å²) >= 11 is 5.80. The van der Waals surface area contributed by atoms with Crippen molar-refractivity contribution in [3.8, 4) is 0 Å². The highest BCUT2D eigenvalue weighted by atomic mass is 35.5. The number of alkyl carbamates (subject to hydrolysis) is 1. The molecule has 0 unspecified atom stereocenters. The first-order valence-corrected chi connectivity index (χ1v) is 8.51. The van der Waals surface area contributed by atoms with Crippen molar-refractivity contribution >= 4 is 29.5 Å². The fourth-order valence-corrected chi connectivity index (χ4v) is 2.76. The van der Waals surface area contributed by atoms with Gasteiger partial charge < -0.3 is 20.1 Å². The summed E-state index contributed by atoms with van der Waals surface area (Å²) in [7, 11) is 0. The molecule has 0 bridgehead atoms. The number of halogens is 1. The van der Waals surface area contributed by atoms with Gasteiger partial charge in [-0.05, 0) is 51.1 Å². The maximum atomic E-state index is 11.7. The molecule has 1 saturated heterocycles. The number of carbonyl (C=O) groups is 2. The molecule has 0 aliphatic carbocycles. The third-order valence-corrected chi connectivity index (χ3v) is 4.00. The van der Waals surface area contributed by atoms with Crippen LogP contribution in [0.2, 0.25) is 5.28 Å². The molecule has 1 aliphatic rings. The SMILES string of the molecule is CC(C)(C)OC(=O)NCC1CCN(c2nc(Cl)ncc2C(=O)O)CC1. The van der Waals surface area contributed by atoms with E-state index in [1.807, 2.05) is 25.7 Å². The second-order valence-electron chi connectivity index (χ2n) is 6.99. The molecule has 1 aliphatic heterocycles. The van der Waals surface area contributed by atoms with Crippen molar-refractivity contribution in [2.24, 2.45) is 5.92 Å². The summed E-state index contributed by atoms with van der Waals surface area (Å²) in [5.74, 6) is -0.444. The molecule has 1 fully saturated rings. The van der Waals surface area contributed by atoms with E-state index in [0.29, 0.717) is 31.4 Å². The van der Waals surface area contributed by atoms with Crippen LogP contribution in [0.3, 0.4) is 0 Å². The Morgan fingerprint density at radius 1 is 1.40 bits per heavy atom. The van der Waals surface area contributed by atoms with E-state index in [0.717, 1.165) is 12.8 Å². The van der Waals surface area contributed by atoms with Crippen molar-refractivity contribution < 1.29 is 19.4 Å². The highest BCUT2D eigenvalue weighted by Crippen LogP contribution is 2.25. The zero-order chi connectivity index (χ0) is 18.6. The van der Waals surface area contributed by atoms with E-state index in [1.165, 1.54) is 6.20 Å². The Labute approximate surface area is 151 Å². The van der Waals surface area contributed by atoms with Crippen LogP contribution in [0.4, 0.5) is 10.6 Å². The molecule has 9 heteroatoms. The molecular formula is C16H23ClN4O4. The van der Waals surface area contributed by atoms with Gasteiger partial charge in [-0.2, -0.15) is 4.98 Å². The van der Waals surface area contributed by atoms with E-state index >= 15 is 0 Å². The number of rotatable bonds is 4. The second-order valence-corrected chi connectivity index (χ2v) is 7.33. The van der Waals surface area contributed by atoms with Gasteiger partial charge in [0.15, 0.2) is 0 Å². The Morgan fingerprint density at radius 2 is 2.04 bits per heavy atom. The summed E-state index contributed by atoms with van der Waals surface area (Å²) in [4.78, 5) is 32.7. The first kappa shape index (κ1) is 19.2. The molecule has 138 valence electrons. The van der Waals surface area contributed by atoms with Gasteiger partial charge in [0.25, 0.3) is 0 Å². The lowest BCUT2D eigenvalue weighted by Crippen LogP contribution is -2.41. The summed E-state index contributed by atoms with van der Waals surface area (Å²) in [6, 6.07) is 0. The monoisotopic (exact) mass is 370 g/mol. The Hall–Kier alpha value is -2.09.